The minimum Gasteiger partial charge on any atom is -0.327 e. The third kappa shape index (κ3) is 3.34. The van der Waals surface area contributed by atoms with Crippen molar-refractivity contribution in [1.29, 1.82) is 0 Å². The number of nitrogens with zero attached hydrogens (tertiary/aromatic N) is 2. The van der Waals surface area contributed by atoms with Gasteiger partial charge in [0.2, 0.25) is 0 Å². The summed E-state index contributed by atoms with van der Waals surface area (Å²) in [6.07, 6.45) is 2.40. The Labute approximate surface area is 137 Å². The molecule has 0 unspecified atom stereocenters. The van der Waals surface area contributed by atoms with Gasteiger partial charge in [0.15, 0.2) is 0 Å². The third-order valence-corrected chi connectivity index (χ3v) is 4.17. The average molecular weight is 306 g/mol. The molecule has 0 bridgehead atoms. The van der Waals surface area contributed by atoms with Crippen molar-refractivity contribution < 1.29 is 4.79 Å². The standard InChI is InChI=1S/C20H22N2O/c1-15(2)20-21-18-5-3-4-6-19(18)22(20)13-11-16-7-9-17(10-8-16)12-14-23/h3-10,14-15H,11-13H2,1-2H3. The van der Waals surface area contributed by atoms with Gasteiger partial charge in [0.05, 0.1) is 11.0 Å². The van der Waals surface area contributed by atoms with Crippen LogP contribution < -0.4 is 0 Å². The number of aldehydes is 1. The van der Waals surface area contributed by atoms with Crippen molar-refractivity contribution in [2.24, 2.45) is 0 Å². The summed E-state index contributed by atoms with van der Waals surface area (Å²) in [5.74, 6) is 1.54. The Morgan fingerprint density at radius 3 is 2.43 bits per heavy atom. The Kier molecular flexibility index (Phi) is 4.56. The Bertz CT molecular complexity index is 800. The van der Waals surface area contributed by atoms with Crippen LogP contribution in [0.25, 0.3) is 11.0 Å². The molecule has 0 fully saturated rings. The lowest BCUT2D eigenvalue weighted by molar-refractivity contribution is -0.107. The van der Waals surface area contributed by atoms with E-state index in [9.17, 15) is 4.79 Å². The molecule has 23 heavy (non-hydrogen) atoms. The quantitative estimate of drug-likeness (QED) is 0.641. The van der Waals surface area contributed by atoms with Crippen molar-refractivity contribution in [2.75, 3.05) is 0 Å². The lowest BCUT2D eigenvalue weighted by Crippen LogP contribution is -2.07. The highest BCUT2D eigenvalue weighted by molar-refractivity contribution is 5.76. The predicted molar refractivity (Wildman–Crippen MR) is 93.7 cm³/mol. The van der Waals surface area contributed by atoms with Crippen molar-refractivity contribution in [3.05, 3.63) is 65.5 Å². The van der Waals surface area contributed by atoms with E-state index in [1.807, 2.05) is 18.2 Å². The topological polar surface area (TPSA) is 34.9 Å². The van der Waals surface area contributed by atoms with Gasteiger partial charge in [-0.05, 0) is 29.7 Å². The molecule has 0 aliphatic heterocycles. The second-order valence-electron chi connectivity index (χ2n) is 6.20. The largest absolute Gasteiger partial charge is 0.327 e. The Hall–Kier alpha value is -2.42. The molecule has 1 heterocycles. The third-order valence-electron chi connectivity index (χ3n) is 4.17. The number of carbonyl (C=O) groups is 1. The van der Waals surface area contributed by atoms with E-state index in [-0.39, 0.29) is 0 Å². The number of fused-ring (bicyclic) bond motifs is 1. The number of aromatic nitrogens is 2. The highest BCUT2D eigenvalue weighted by atomic mass is 16.1. The second kappa shape index (κ2) is 6.78. The zero-order chi connectivity index (χ0) is 16.2. The van der Waals surface area contributed by atoms with Crippen LogP contribution >= 0.6 is 0 Å². The van der Waals surface area contributed by atoms with Gasteiger partial charge in [-0.25, -0.2) is 4.98 Å². The number of hydrogen-bond acceptors (Lipinski definition) is 2. The molecule has 118 valence electrons. The minimum atomic E-state index is 0.400. The molecule has 3 nitrogen and oxygen atoms in total. The van der Waals surface area contributed by atoms with E-state index in [1.165, 1.54) is 11.1 Å². The summed E-state index contributed by atoms with van der Waals surface area (Å²) in [5, 5.41) is 0. The SMILES string of the molecule is CC(C)c1nc2ccccc2n1CCc1ccc(CC=O)cc1. The first-order chi connectivity index (χ1) is 11.2. The summed E-state index contributed by atoms with van der Waals surface area (Å²) >= 11 is 0. The van der Waals surface area contributed by atoms with Crippen LogP contribution in [-0.4, -0.2) is 15.8 Å². The van der Waals surface area contributed by atoms with Gasteiger partial charge >= 0.3 is 0 Å². The molecule has 1 aromatic heterocycles. The number of rotatable bonds is 6. The maximum absolute atomic E-state index is 10.6. The molecule has 0 atom stereocenters. The van der Waals surface area contributed by atoms with Crippen LogP contribution in [0.1, 0.15) is 36.7 Å². The van der Waals surface area contributed by atoms with Crippen LogP contribution in [0.4, 0.5) is 0 Å². The Morgan fingerprint density at radius 1 is 1.04 bits per heavy atom. The van der Waals surface area contributed by atoms with Gasteiger partial charge in [-0.2, -0.15) is 0 Å². The van der Waals surface area contributed by atoms with Crippen molar-refractivity contribution in [3.63, 3.8) is 0 Å². The second-order valence-corrected chi connectivity index (χ2v) is 6.20. The van der Waals surface area contributed by atoms with Crippen molar-refractivity contribution >= 4 is 17.3 Å². The van der Waals surface area contributed by atoms with Gasteiger partial charge in [0.25, 0.3) is 0 Å². The van der Waals surface area contributed by atoms with Crippen molar-refractivity contribution in [3.8, 4) is 0 Å². The lowest BCUT2D eigenvalue weighted by atomic mass is 10.1. The van der Waals surface area contributed by atoms with Gasteiger partial charge in [0, 0.05) is 18.9 Å². The molecule has 0 amide bonds. The first kappa shape index (κ1) is 15.5. The zero-order valence-corrected chi connectivity index (χ0v) is 13.7. The number of aryl methyl sites for hydroxylation is 2. The molecule has 0 radical (unpaired) electrons. The Morgan fingerprint density at radius 2 is 1.74 bits per heavy atom. The van der Waals surface area contributed by atoms with Crippen molar-refractivity contribution in [1.82, 2.24) is 9.55 Å². The number of benzene rings is 2. The Balaban J connectivity index is 1.83. The summed E-state index contributed by atoms with van der Waals surface area (Å²) in [6.45, 7) is 5.29. The molecule has 3 aromatic rings. The van der Waals surface area contributed by atoms with E-state index < -0.39 is 0 Å². The highest BCUT2D eigenvalue weighted by Gasteiger charge is 2.13. The lowest BCUT2D eigenvalue weighted by Gasteiger charge is -2.11. The monoisotopic (exact) mass is 306 g/mol. The molecule has 0 N–H and O–H groups in total. The van der Waals surface area contributed by atoms with Gasteiger partial charge in [0.1, 0.15) is 12.1 Å². The molecule has 2 aromatic carbocycles. The fraction of sp³-hybridized carbons (Fsp3) is 0.300. The smallest absolute Gasteiger partial charge is 0.124 e. The number of imidazole rings is 1. The normalized spacial score (nSPS) is 11.3. The first-order valence-corrected chi connectivity index (χ1v) is 8.15. The highest BCUT2D eigenvalue weighted by Crippen LogP contribution is 2.22. The van der Waals surface area contributed by atoms with E-state index >= 15 is 0 Å². The predicted octanol–water partition coefficient (Wildman–Crippen LogP) is 4.14. The fourth-order valence-corrected chi connectivity index (χ4v) is 2.95. The maximum Gasteiger partial charge on any atom is 0.124 e. The van der Waals surface area contributed by atoms with Crippen LogP contribution in [0, 0.1) is 0 Å². The van der Waals surface area contributed by atoms with E-state index in [0.717, 1.165) is 36.2 Å². The zero-order valence-electron chi connectivity index (χ0n) is 13.7. The molecule has 0 aliphatic rings. The molecule has 3 rings (SSSR count). The fourth-order valence-electron chi connectivity index (χ4n) is 2.95. The number of carbonyl (C=O) groups excluding carboxylic acids is 1. The van der Waals surface area contributed by atoms with Gasteiger partial charge in [-0.1, -0.05) is 50.2 Å². The summed E-state index contributed by atoms with van der Waals surface area (Å²) in [4.78, 5) is 15.3. The van der Waals surface area contributed by atoms with E-state index in [1.54, 1.807) is 0 Å². The summed E-state index contributed by atoms with van der Waals surface area (Å²) in [7, 11) is 0. The van der Waals surface area contributed by atoms with E-state index in [4.69, 9.17) is 4.98 Å². The van der Waals surface area contributed by atoms with Gasteiger partial charge < -0.3 is 9.36 Å². The summed E-state index contributed by atoms with van der Waals surface area (Å²) < 4.78 is 2.33. The minimum absolute atomic E-state index is 0.400. The van der Waals surface area contributed by atoms with Gasteiger partial charge in [-0.15, -0.1) is 0 Å². The van der Waals surface area contributed by atoms with Crippen LogP contribution in [0.2, 0.25) is 0 Å². The molecule has 0 saturated heterocycles. The van der Waals surface area contributed by atoms with Crippen LogP contribution in [-0.2, 0) is 24.2 Å². The maximum atomic E-state index is 10.6. The molecule has 3 heteroatoms. The van der Waals surface area contributed by atoms with Gasteiger partial charge in [-0.3, -0.25) is 0 Å². The molecule has 0 saturated carbocycles. The first-order valence-electron chi connectivity index (χ1n) is 8.15. The van der Waals surface area contributed by atoms with Crippen molar-refractivity contribution in [2.45, 2.75) is 39.2 Å². The molecule has 0 spiro atoms. The molecule has 0 aliphatic carbocycles. The summed E-state index contributed by atoms with van der Waals surface area (Å²) in [6, 6.07) is 16.6. The number of para-hydroxylation sites is 2. The molecular formula is C20H22N2O. The van der Waals surface area contributed by atoms with Crippen LogP contribution in [0.3, 0.4) is 0 Å². The van der Waals surface area contributed by atoms with E-state index in [2.05, 4.69) is 48.7 Å². The summed E-state index contributed by atoms with van der Waals surface area (Å²) in [5.41, 5.74) is 4.62. The van der Waals surface area contributed by atoms with E-state index in [0.29, 0.717) is 12.3 Å². The van der Waals surface area contributed by atoms with Crippen LogP contribution in [0.15, 0.2) is 48.5 Å². The molecular weight excluding hydrogens is 284 g/mol. The van der Waals surface area contributed by atoms with Crippen LogP contribution in [0.5, 0.6) is 0 Å². The average Bonchev–Trinajstić information content (AvgIpc) is 2.93. The number of hydrogen-bond donors (Lipinski definition) is 0.